The van der Waals surface area contributed by atoms with Crippen LogP contribution >= 0.6 is 0 Å². The van der Waals surface area contributed by atoms with Gasteiger partial charge in [-0.1, -0.05) is 30.3 Å². The zero-order chi connectivity index (χ0) is 19.3. The Kier molecular flexibility index (Phi) is 6.07. The van der Waals surface area contributed by atoms with Crippen LogP contribution in [0.25, 0.3) is 0 Å². The van der Waals surface area contributed by atoms with Crippen molar-refractivity contribution in [2.75, 3.05) is 13.1 Å². The Morgan fingerprint density at radius 3 is 2.42 bits per heavy atom. The monoisotopic (exact) mass is 364 g/mol. The van der Waals surface area contributed by atoms with Crippen molar-refractivity contribution in [1.82, 2.24) is 10.2 Å². The van der Waals surface area contributed by atoms with Gasteiger partial charge in [0, 0.05) is 13.1 Å². The summed E-state index contributed by atoms with van der Waals surface area (Å²) in [5.74, 6) is -2.02. The molecule has 142 valence electrons. The van der Waals surface area contributed by atoms with Crippen molar-refractivity contribution in [2.24, 2.45) is 5.92 Å². The van der Waals surface area contributed by atoms with Crippen LogP contribution in [0.5, 0.6) is 0 Å². The molecule has 26 heavy (non-hydrogen) atoms. The van der Waals surface area contributed by atoms with Crippen molar-refractivity contribution in [3.05, 3.63) is 35.9 Å². The second-order valence-electron chi connectivity index (χ2n) is 7.14. The highest BCUT2D eigenvalue weighted by Crippen LogP contribution is 2.20. The Hall–Kier alpha value is -2.77. The fraction of sp³-hybridized carbons (Fsp3) is 0.500. The van der Waals surface area contributed by atoms with E-state index in [1.165, 1.54) is 4.90 Å². The first-order valence-corrected chi connectivity index (χ1v) is 8.33. The number of carboxylic acids is 1. The molecule has 0 saturated carbocycles. The minimum atomic E-state index is -1.09. The molecule has 2 amide bonds. The number of aliphatic carboxylic acids is 1. The standard InChI is InChI=1S/C18H24N2O6/c1-18(2,3)26-17(24)20-9-13(15(21)22)14(10-20)19-16(23)25-11-12-7-5-4-6-8-12/h4-8,13-14H,9-11H2,1-3H3,(H,19,23)(H,21,22)/t13-,14+/m0/s1. The van der Waals surface area contributed by atoms with Gasteiger partial charge in [0.15, 0.2) is 0 Å². The second-order valence-corrected chi connectivity index (χ2v) is 7.14. The quantitative estimate of drug-likeness (QED) is 0.849. The zero-order valence-electron chi connectivity index (χ0n) is 15.1. The van der Waals surface area contributed by atoms with E-state index in [0.29, 0.717) is 0 Å². The Morgan fingerprint density at radius 2 is 1.85 bits per heavy atom. The van der Waals surface area contributed by atoms with Gasteiger partial charge in [-0.2, -0.15) is 0 Å². The van der Waals surface area contributed by atoms with E-state index in [2.05, 4.69) is 5.32 Å². The maximum atomic E-state index is 12.1. The third-order valence-corrected chi connectivity index (χ3v) is 3.80. The smallest absolute Gasteiger partial charge is 0.410 e. The minimum absolute atomic E-state index is 0.0339. The second kappa shape index (κ2) is 8.07. The molecule has 0 aliphatic carbocycles. The van der Waals surface area contributed by atoms with Crippen molar-refractivity contribution < 1.29 is 29.0 Å². The fourth-order valence-electron chi connectivity index (χ4n) is 2.59. The molecule has 2 atom stereocenters. The third kappa shape index (κ3) is 5.65. The molecule has 1 aliphatic rings. The molecule has 1 saturated heterocycles. The maximum Gasteiger partial charge on any atom is 0.410 e. The molecule has 1 heterocycles. The van der Waals surface area contributed by atoms with Gasteiger partial charge in [-0.05, 0) is 26.3 Å². The largest absolute Gasteiger partial charge is 0.481 e. The molecule has 0 bridgehead atoms. The highest BCUT2D eigenvalue weighted by molar-refractivity contribution is 5.77. The van der Waals surface area contributed by atoms with Crippen LogP contribution in [-0.2, 0) is 20.9 Å². The van der Waals surface area contributed by atoms with Crippen molar-refractivity contribution in [2.45, 2.75) is 39.0 Å². The van der Waals surface area contributed by atoms with Gasteiger partial charge in [0.2, 0.25) is 0 Å². The maximum absolute atomic E-state index is 12.1. The van der Waals surface area contributed by atoms with Gasteiger partial charge in [0.1, 0.15) is 12.2 Å². The van der Waals surface area contributed by atoms with Gasteiger partial charge >= 0.3 is 18.2 Å². The van der Waals surface area contributed by atoms with E-state index in [1.807, 2.05) is 30.3 Å². The van der Waals surface area contributed by atoms with Crippen LogP contribution in [0.2, 0.25) is 0 Å². The summed E-state index contributed by atoms with van der Waals surface area (Å²) in [5, 5.41) is 11.9. The summed E-state index contributed by atoms with van der Waals surface area (Å²) < 4.78 is 10.4. The average molecular weight is 364 g/mol. The summed E-state index contributed by atoms with van der Waals surface area (Å²) in [6.07, 6.45) is -1.33. The minimum Gasteiger partial charge on any atom is -0.481 e. The van der Waals surface area contributed by atoms with E-state index in [1.54, 1.807) is 20.8 Å². The van der Waals surface area contributed by atoms with Crippen LogP contribution in [0, 0.1) is 5.92 Å². The Morgan fingerprint density at radius 1 is 1.19 bits per heavy atom. The number of hydrogen-bond donors (Lipinski definition) is 2. The van der Waals surface area contributed by atoms with Crippen LogP contribution in [0.3, 0.4) is 0 Å². The van der Waals surface area contributed by atoms with E-state index in [0.717, 1.165) is 5.56 Å². The molecule has 1 aromatic rings. The number of carbonyl (C=O) groups is 3. The average Bonchev–Trinajstić information content (AvgIpc) is 2.96. The first kappa shape index (κ1) is 19.6. The first-order valence-electron chi connectivity index (χ1n) is 8.33. The topological polar surface area (TPSA) is 105 Å². The number of amides is 2. The van der Waals surface area contributed by atoms with Crippen molar-refractivity contribution >= 4 is 18.2 Å². The molecular formula is C18H24N2O6. The SMILES string of the molecule is CC(C)(C)OC(=O)N1C[C@H](C(=O)O)[C@H](NC(=O)OCc2ccccc2)C1. The number of nitrogens with one attached hydrogen (secondary N) is 1. The predicted molar refractivity (Wildman–Crippen MR) is 92.5 cm³/mol. The number of nitrogens with zero attached hydrogens (tertiary/aromatic N) is 1. The molecule has 2 rings (SSSR count). The summed E-state index contributed by atoms with van der Waals surface area (Å²) in [4.78, 5) is 36.9. The molecule has 1 aromatic carbocycles. The lowest BCUT2D eigenvalue weighted by atomic mass is 10.0. The number of carboxylic acid groups (broad SMARTS) is 1. The molecule has 8 heteroatoms. The lowest BCUT2D eigenvalue weighted by molar-refractivity contribution is -0.141. The number of likely N-dealkylation sites (tertiary alicyclic amines) is 1. The number of benzene rings is 1. The van der Waals surface area contributed by atoms with Crippen molar-refractivity contribution in [1.29, 1.82) is 0 Å². The van der Waals surface area contributed by atoms with E-state index in [-0.39, 0.29) is 19.7 Å². The summed E-state index contributed by atoms with van der Waals surface area (Å²) in [6.45, 7) is 5.28. The number of carbonyl (C=O) groups excluding carboxylic acids is 2. The zero-order valence-corrected chi connectivity index (χ0v) is 15.1. The third-order valence-electron chi connectivity index (χ3n) is 3.80. The van der Waals surface area contributed by atoms with Gasteiger partial charge < -0.3 is 24.8 Å². The lowest BCUT2D eigenvalue weighted by Gasteiger charge is -2.24. The Bertz CT molecular complexity index is 655. The molecule has 2 N–H and O–H groups in total. The van der Waals surface area contributed by atoms with Gasteiger partial charge in [-0.3, -0.25) is 4.79 Å². The van der Waals surface area contributed by atoms with Gasteiger partial charge in [0.25, 0.3) is 0 Å². The molecule has 0 unspecified atom stereocenters. The van der Waals surface area contributed by atoms with Gasteiger partial charge in [0.05, 0.1) is 12.0 Å². The molecule has 8 nitrogen and oxygen atoms in total. The lowest BCUT2D eigenvalue weighted by Crippen LogP contribution is -2.43. The number of alkyl carbamates (subject to hydrolysis) is 1. The molecule has 0 radical (unpaired) electrons. The fourth-order valence-corrected chi connectivity index (χ4v) is 2.59. The number of ether oxygens (including phenoxy) is 2. The van der Waals surface area contributed by atoms with Crippen LogP contribution < -0.4 is 5.32 Å². The highest BCUT2D eigenvalue weighted by Gasteiger charge is 2.42. The molecule has 0 spiro atoms. The number of hydrogen-bond acceptors (Lipinski definition) is 5. The molecular weight excluding hydrogens is 340 g/mol. The normalized spacial score (nSPS) is 19.7. The van der Waals surface area contributed by atoms with E-state index in [9.17, 15) is 19.5 Å². The predicted octanol–water partition coefficient (Wildman–Crippen LogP) is 2.23. The van der Waals surface area contributed by atoms with Crippen LogP contribution in [-0.4, -0.2) is 52.9 Å². The van der Waals surface area contributed by atoms with E-state index in [4.69, 9.17) is 9.47 Å². The van der Waals surface area contributed by atoms with E-state index >= 15 is 0 Å². The summed E-state index contributed by atoms with van der Waals surface area (Å²) in [5.41, 5.74) is 0.134. The highest BCUT2D eigenvalue weighted by atomic mass is 16.6. The summed E-state index contributed by atoms with van der Waals surface area (Å²) in [7, 11) is 0. The van der Waals surface area contributed by atoms with Crippen molar-refractivity contribution in [3.8, 4) is 0 Å². The Balaban J connectivity index is 1.92. The van der Waals surface area contributed by atoms with E-state index < -0.39 is 35.7 Å². The van der Waals surface area contributed by atoms with Crippen LogP contribution in [0.1, 0.15) is 26.3 Å². The van der Waals surface area contributed by atoms with Gasteiger partial charge in [-0.15, -0.1) is 0 Å². The van der Waals surface area contributed by atoms with Gasteiger partial charge in [-0.25, -0.2) is 9.59 Å². The molecule has 1 fully saturated rings. The van der Waals surface area contributed by atoms with Crippen LogP contribution in [0.15, 0.2) is 30.3 Å². The first-order chi connectivity index (χ1) is 12.2. The van der Waals surface area contributed by atoms with Crippen LogP contribution in [0.4, 0.5) is 9.59 Å². The summed E-state index contributed by atoms with van der Waals surface area (Å²) in [6, 6.07) is 8.38. The molecule has 1 aliphatic heterocycles. The summed E-state index contributed by atoms with van der Waals surface area (Å²) >= 11 is 0. The van der Waals surface area contributed by atoms with Crippen molar-refractivity contribution in [3.63, 3.8) is 0 Å². The number of rotatable bonds is 4. The Labute approximate surface area is 152 Å². The molecule has 0 aromatic heterocycles.